The first-order valence-electron chi connectivity index (χ1n) is 9.18. The average molecular weight is 407 g/mol. The molecular formula is C19H22FN3O6. The van der Waals surface area contributed by atoms with Gasteiger partial charge in [0.25, 0.3) is 0 Å². The van der Waals surface area contributed by atoms with Crippen molar-refractivity contribution in [3.05, 3.63) is 58.4 Å². The van der Waals surface area contributed by atoms with Crippen molar-refractivity contribution in [3.8, 4) is 0 Å². The largest absolute Gasteiger partial charge is 0.449 e. The van der Waals surface area contributed by atoms with Crippen molar-refractivity contribution in [2.45, 2.75) is 37.7 Å². The van der Waals surface area contributed by atoms with Crippen molar-refractivity contribution in [2.75, 3.05) is 18.5 Å². The molecule has 29 heavy (non-hydrogen) atoms. The van der Waals surface area contributed by atoms with Gasteiger partial charge in [-0.25, -0.2) is 14.0 Å². The molecule has 9 nitrogen and oxygen atoms in total. The van der Waals surface area contributed by atoms with E-state index in [9.17, 15) is 19.1 Å². The van der Waals surface area contributed by atoms with Crippen LogP contribution in [-0.2, 0) is 15.9 Å². The van der Waals surface area contributed by atoms with Crippen LogP contribution in [0.4, 0.5) is 15.0 Å². The van der Waals surface area contributed by atoms with Crippen LogP contribution in [0, 0.1) is 5.82 Å². The van der Waals surface area contributed by atoms with Gasteiger partial charge in [0.15, 0.2) is 11.6 Å². The Labute approximate surface area is 165 Å². The third-order valence-corrected chi connectivity index (χ3v) is 4.51. The molecule has 2 heterocycles. The molecule has 1 amide bonds. The molecule has 10 heteroatoms. The molecule has 0 spiro atoms. The minimum Gasteiger partial charge on any atom is -0.449 e. The summed E-state index contributed by atoms with van der Waals surface area (Å²) in [5.74, 6) is -1.52. The first kappa shape index (κ1) is 20.9. The number of amides is 1. The Morgan fingerprint density at radius 3 is 2.83 bits per heavy atom. The first-order valence-corrected chi connectivity index (χ1v) is 9.18. The normalized spacial score (nSPS) is 21.1. The van der Waals surface area contributed by atoms with Gasteiger partial charge in [-0.2, -0.15) is 4.98 Å². The number of carbonyl (C=O) groups excluding carboxylic acids is 1. The van der Waals surface area contributed by atoms with Crippen molar-refractivity contribution in [3.63, 3.8) is 0 Å². The van der Waals surface area contributed by atoms with Crippen molar-refractivity contribution in [2.24, 2.45) is 0 Å². The van der Waals surface area contributed by atoms with Gasteiger partial charge in [-0.1, -0.05) is 30.3 Å². The zero-order valence-corrected chi connectivity index (χ0v) is 15.5. The molecule has 0 aliphatic carbocycles. The molecule has 0 radical (unpaired) electrons. The minimum atomic E-state index is -0.983. The lowest BCUT2D eigenvalue weighted by Crippen LogP contribution is -2.30. The van der Waals surface area contributed by atoms with Gasteiger partial charge in [-0.3, -0.25) is 9.88 Å². The number of nitrogens with one attached hydrogen (secondary N) is 1. The highest BCUT2D eigenvalue weighted by Gasteiger charge is 2.35. The molecular weight excluding hydrogens is 385 g/mol. The summed E-state index contributed by atoms with van der Waals surface area (Å²) in [6.07, 6.45) is -1.59. The van der Waals surface area contributed by atoms with Crippen LogP contribution >= 0.6 is 0 Å². The predicted octanol–water partition coefficient (Wildman–Crippen LogP) is 1.20. The molecule has 1 aliphatic heterocycles. The van der Waals surface area contributed by atoms with Gasteiger partial charge in [-0.15, -0.1) is 0 Å². The van der Waals surface area contributed by atoms with Crippen molar-refractivity contribution in [1.82, 2.24) is 9.55 Å². The second-order valence-electron chi connectivity index (χ2n) is 6.59. The molecule has 2 aromatic rings. The molecule has 3 rings (SSSR count). The Kier molecular flexibility index (Phi) is 6.91. The summed E-state index contributed by atoms with van der Waals surface area (Å²) in [6, 6.07) is 9.67. The lowest BCUT2D eigenvalue weighted by atomic mass is 10.1. The monoisotopic (exact) mass is 407 g/mol. The SMILES string of the molecule is O=C(Nc1nc(=O)n([C@H]2C[C@H](O)[C@@H](CO)O2)cc1F)OCCCc1ccccc1. The van der Waals surface area contributed by atoms with Crippen LogP contribution in [0.3, 0.4) is 0 Å². The zero-order valence-electron chi connectivity index (χ0n) is 15.5. The number of rotatable bonds is 7. The number of benzene rings is 1. The van der Waals surface area contributed by atoms with Crippen LogP contribution in [-0.4, -0.2) is 51.3 Å². The van der Waals surface area contributed by atoms with Gasteiger partial charge in [-0.05, 0) is 18.4 Å². The van der Waals surface area contributed by atoms with E-state index >= 15 is 0 Å². The molecule has 156 valence electrons. The van der Waals surface area contributed by atoms with Crippen molar-refractivity contribution < 1.29 is 28.9 Å². The van der Waals surface area contributed by atoms with E-state index < -0.39 is 48.5 Å². The van der Waals surface area contributed by atoms with E-state index in [-0.39, 0.29) is 13.0 Å². The zero-order chi connectivity index (χ0) is 20.8. The lowest BCUT2D eigenvalue weighted by molar-refractivity contribution is -0.0461. The fourth-order valence-corrected chi connectivity index (χ4v) is 3.01. The minimum absolute atomic E-state index is 0.00246. The number of hydrogen-bond donors (Lipinski definition) is 3. The molecule has 0 unspecified atom stereocenters. The Hall–Kier alpha value is -2.82. The molecule has 0 saturated carbocycles. The number of carbonyl (C=O) groups is 1. The molecule has 1 aromatic heterocycles. The van der Waals surface area contributed by atoms with Crippen LogP contribution < -0.4 is 11.0 Å². The fourth-order valence-electron chi connectivity index (χ4n) is 3.01. The second kappa shape index (κ2) is 9.59. The van der Waals surface area contributed by atoms with Gasteiger partial charge < -0.3 is 19.7 Å². The standard InChI is InChI=1S/C19H22FN3O6/c20-13-10-23(16-9-14(25)15(11-24)29-16)18(26)21-17(13)22-19(27)28-8-4-7-12-5-2-1-3-6-12/h1-3,5-6,10,14-16,24-25H,4,7-9,11H2,(H,21,22,26,27)/t14-,15+,16+/m0/s1. The maximum absolute atomic E-state index is 14.3. The number of hydrogen-bond acceptors (Lipinski definition) is 7. The molecule has 3 atom stereocenters. The summed E-state index contributed by atoms with van der Waals surface area (Å²) >= 11 is 0. The third-order valence-electron chi connectivity index (χ3n) is 4.51. The number of aliphatic hydroxyl groups excluding tert-OH is 2. The summed E-state index contributed by atoms with van der Waals surface area (Å²) in [4.78, 5) is 27.5. The average Bonchev–Trinajstić information content (AvgIpc) is 3.09. The molecule has 1 aliphatic rings. The highest BCUT2D eigenvalue weighted by atomic mass is 19.1. The number of anilines is 1. The highest BCUT2D eigenvalue weighted by molar-refractivity contribution is 5.83. The fraction of sp³-hybridized carbons (Fsp3) is 0.421. The summed E-state index contributed by atoms with van der Waals surface area (Å²) in [5, 5.41) is 20.9. The van der Waals surface area contributed by atoms with E-state index in [4.69, 9.17) is 14.6 Å². The molecule has 1 saturated heterocycles. The topological polar surface area (TPSA) is 123 Å². The summed E-state index contributed by atoms with van der Waals surface area (Å²) in [5.41, 5.74) is 0.233. The van der Waals surface area contributed by atoms with Crippen molar-refractivity contribution >= 4 is 11.9 Å². The van der Waals surface area contributed by atoms with Gasteiger partial charge in [0.05, 0.1) is 25.5 Å². The molecule has 0 bridgehead atoms. The highest BCUT2D eigenvalue weighted by Crippen LogP contribution is 2.27. The van der Waals surface area contributed by atoms with E-state index in [0.717, 1.165) is 22.7 Å². The maximum atomic E-state index is 14.3. The van der Waals surface area contributed by atoms with Crippen LogP contribution in [0.15, 0.2) is 41.3 Å². The van der Waals surface area contributed by atoms with Crippen LogP contribution in [0.5, 0.6) is 0 Å². The Bertz CT molecular complexity index is 891. The number of ether oxygens (including phenoxy) is 2. The van der Waals surface area contributed by atoms with Crippen LogP contribution in [0.1, 0.15) is 24.6 Å². The third kappa shape index (κ3) is 5.37. The van der Waals surface area contributed by atoms with E-state index in [0.29, 0.717) is 6.42 Å². The summed E-state index contributed by atoms with van der Waals surface area (Å²) < 4.78 is 25.4. The van der Waals surface area contributed by atoms with Crippen LogP contribution in [0.2, 0.25) is 0 Å². The molecule has 3 N–H and O–H groups in total. The van der Waals surface area contributed by atoms with Gasteiger partial charge in [0, 0.05) is 6.42 Å². The van der Waals surface area contributed by atoms with E-state index in [1.165, 1.54) is 0 Å². The maximum Gasteiger partial charge on any atom is 0.412 e. The molecule has 1 fully saturated rings. The van der Waals surface area contributed by atoms with Crippen molar-refractivity contribution in [1.29, 1.82) is 0 Å². The van der Waals surface area contributed by atoms with E-state index in [1.807, 2.05) is 30.3 Å². The van der Waals surface area contributed by atoms with E-state index in [1.54, 1.807) is 0 Å². The van der Waals surface area contributed by atoms with Gasteiger partial charge >= 0.3 is 11.8 Å². The van der Waals surface area contributed by atoms with Gasteiger partial charge in [0.2, 0.25) is 0 Å². The number of aromatic nitrogens is 2. The predicted molar refractivity (Wildman–Crippen MR) is 99.8 cm³/mol. The first-order chi connectivity index (χ1) is 14.0. The number of halogens is 1. The molecule has 1 aromatic carbocycles. The lowest BCUT2D eigenvalue weighted by Gasteiger charge is -2.15. The Morgan fingerprint density at radius 1 is 1.38 bits per heavy atom. The van der Waals surface area contributed by atoms with Gasteiger partial charge in [0.1, 0.15) is 12.3 Å². The number of aliphatic hydroxyl groups is 2. The smallest absolute Gasteiger partial charge is 0.412 e. The Morgan fingerprint density at radius 2 is 2.14 bits per heavy atom. The van der Waals surface area contributed by atoms with Crippen LogP contribution in [0.25, 0.3) is 0 Å². The number of aryl methyl sites for hydroxylation is 1. The van der Waals surface area contributed by atoms with E-state index in [2.05, 4.69) is 10.3 Å². The quantitative estimate of drug-likeness (QED) is 0.590. The summed E-state index contributed by atoms with van der Waals surface area (Å²) in [7, 11) is 0. The second-order valence-corrected chi connectivity index (χ2v) is 6.59. The summed E-state index contributed by atoms with van der Waals surface area (Å²) in [6.45, 7) is -0.312. The number of nitrogens with zero attached hydrogens (tertiary/aromatic N) is 2. The Balaban J connectivity index is 1.54.